The van der Waals surface area contributed by atoms with E-state index in [1.807, 2.05) is 60.7 Å². The minimum atomic E-state index is -0.823. The number of hydrogen-bond donors (Lipinski definition) is 0. The molecule has 0 spiro atoms. The Kier molecular flexibility index (Phi) is 17.6. The van der Waals surface area contributed by atoms with Crippen LogP contribution in [0.15, 0.2) is 260 Å². The van der Waals surface area contributed by atoms with Gasteiger partial charge < -0.3 is 22.0 Å². The molecule has 11 aromatic rings. The maximum atomic E-state index is 7.37. The molecule has 2 heterocycles. The summed E-state index contributed by atoms with van der Waals surface area (Å²) in [5.41, 5.74) is 8.43. The van der Waals surface area contributed by atoms with E-state index in [2.05, 4.69) is 215 Å². The van der Waals surface area contributed by atoms with Gasteiger partial charge in [-0.1, -0.05) is 146 Å². The van der Waals surface area contributed by atoms with Gasteiger partial charge in [0.2, 0.25) is 0 Å². The molecule has 0 fully saturated rings. The Hall–Kier alpha value is -6.48. The molecular formula is C65H50Au2N2P2+2. The third-order valence-corrected chi connectivity index (χ3v) is 19.7. The summed E-state index contributed by atoms with van der Waals surface area (Å²) in [7, 11) is -1.62. The number of hydrogen-bond acceptors (Lipinski definition) is 0. The van der Waals surface area contributed by atoms with Gasteiger partial charge in [-0.2, -0.15) is 0 Å². The topological polar surface area (TPSA) is 9.86 Å². The number of para-hydroxylation sites is 4. The van der Waals surface area contributed by atoms with Gasteiger partial charge in [0.15, 0.2) is 5.90 Å². The molecule has 0 amide bonds. The van der Waals surface area contributed by atoms with E-state index in [4.69, 9.17) is 12.8 Å². The van der Waals surface area contributed by atoms with E-state index in [-0.39, 0.29) is 44.8 Å². The molecule has 0 N–H and O–H groups in total. The van der Waals surface area contributed by atoms with Crippen LogP contribution in [-0.2, 0) is 44.8 Å². The van der Waals surface area contributed by atoms with Crippen molar-refractivity contribution in [3.05, 3.63) is 284 Å². The largest absolute Gasteiger partial charge is 1.00 e. The summed E-state index contributed by atoms with van der Waals surface area (Å²) in [6.45, 7) is 0. The number of benzene rings is 9. The molecule has 0 saturated heterocycles. The van der Waals surface area contributed by atoms with E-state index in [1.54, 1.807) is 5.31 Å². The SMILES string of the molecule is C1=CC([PH+](C[PH+](c2ccccc2)c2ccccc2)c2ccccc2)=CCC1.[Au+].[Au+].[C-]#Cc1ccc2c3ccccc3n(-c3ccccc3)c2c1.[C-]#Cc1ccc2c3ccccc3n(-c3ccccc3)c2c1. The van der Waals surface area contributed by atoms with Crippen molar-refractivity contribution < 1.29 is 44.8 Å². The fourth-order valence-corrected chi connectivity index (χ4v) is 17.3. The van der Waals surface area contributed by atoms with Gasteiger partial charge in [0.05, 0.1) is 16.3 Å². The summed E-state index contributed by atoms with van der Waals surface area (Å²) in [6, 6.07) is 83.1. The second-order valence-corrected chi connectivity index (χ2v) is 22.6. The first-order valence-electron chi connectivity index (χ1n) is 23.5. The Morgan fingerprint density at radius 3 is 1.14 bits per heavy atom. The van der Waals surface area contributed by atoms with Crippen LogP contribution < -0.4 is 15.9 Å². The zero-order valence-corrected chi connectivity index (χ0v) is 45.2. The zero-order valence-electron chi connectivity index (χ0n) is 38.9. The molecule has 0 saturated carbocycles. The van der Waals surface area contributed by atoms with Crippen molar-refractivity contribution in [3.8, 4) is 23.2 Å². The average Bonchev–Trinajstić information content (AvgIpc) is 3.95. The second-order valence-electron chi connectivity index (χ2n) is 17.0. The zero-order chi connectivity index (χ0) is 46.8. The second kappa shape index (κ2) is 24.6. The van der Waals surface area contributed by atoms with Crippen molar-refractivity contribution in [3.63, 3.8) is 0 Å². The summed E-state index contributed by atoms with van der Waals surface area (Å²) in [4.78, 5) is 0. The van der Waals surface area contributed by atoms with Crippen LogP contribution in [0.3, 0.4) is 0 Å². The number of aromatic nitrogens is 2. The van der Waals surface area contributed by atoms with Crippen LogP contribution in [-0.4, -0.2) is 15.0 Å². The summed E-state index contributed by atoms with van der Waals surface area (Å²) >= 11 is 0. The first-order chi connectivity index (χ1) is 34.2. The van der Waals surface area contributed by atoms with E-state index < -0.39 is 15.8 Å². The van der Waals surface area contributed by atoms with Crippen LogP contribution in [0.1, 0.15) is 24.0 Å². The van der Waals surface area contributed by atoms with E-state index in [0.29, 0.717) is 0 Å². The normalized spacial score (nSPS) is 12.0. The van der Waals surface area contributed by atoms with Gasteiger partial charge in [-0.25, -0.2) is 0 Å². The molecule has 12 rings (SSSR count). The van der Waals surface area contributed by atoms with Gasteiger partial charge in [-0.05, 0) is 97.8 Å². The fraction of sp³-hybridized carbons (Fsp3) is 0.0462. The first kappa shape index (κ1) is 50.9. The predicted octanol–water partition coefficient (Wildman–Crippen LogP) is 15.0. The molecule has 1 aliphatic rings. The molecule has 2 aromatic heterocycles. The third-order valence-electron chi connectivity index (χ3n) is 12.7. The molecule has 0 aliphatic heterocycles. The maximum Gasteiger partial charge on any atom is 1.00 e. The molecule has 0 radical (unpaired) electrons. The molecule has 71 heavy (non-hydrogen) atoms. The molecule has 1 aliphatic carbocycles. The van der Waals surface area contributed by atoms with Gasteiger partial charge in [0.25, 0.3) is 0 Å². The Bertz CT molecular complexity index is 3460. The number of fused-ring (bicyclic) bond motifs is 6. The summed E-state index contributed by atoms with van der Waals surface area (Å²) < 4.78 is 4.48. The van der Waals surface area contributed by atoms with Crippen LogP contribution in [0, 0.1) is 24.7 Å². The standard InChI is InChI=1S/C25H24P2.2C20H12N.2Au/c1-5-13-22(14-6-1)26(23-15-7-2-8-16-23)21-27(24-17-9-3-10-18-24)25-19-11-4-12-20-25;2*1-2-15-12-13-18-17-10-6-7-11-19(17)21(20(18)14-15)16-8-4-3-5-9-16;;/h1-3,5-11,13-20H,4,12,21H2;2*3-14H;;/q;2*-1;2*+1/p+2. The van der Waals surface area contributed by atoms with E-state index in [0.717, 1.165) is 33.5 Å². The average molecular weight is 1320 g/mol. The van der Waals surface area contributed by atoms with Crippen molar-refractivity contribution in [2.24, 2.45) is 0 Å². The van der Waals surface area contributed by atoms with Gasteiger partial charge in [0, 0.05) is 44.0 Å². The molecule has 1 unspecified atom stereocenters. The Morgan fingerprint density at radius 1 is 0.380 bits per heavy atom. The number of nitrogens with zero attached hydrogens (tertiary/aromatic N) is 2. The maximum absolute atomic E-state index is 7.37. The molecule has 0 bridgehead atoms. The van der Waals surface area contributed by atoms with Gasteiger partial charge in [-0.15, -0.1) is 35.4 Å². The minimum absolute atomic E-state index is 0. The van der Waals surface area contributed by atoms with Crippen molar-refractivity contribution in [1.29, 1.82) is 0 Å². The van der Waals surface area contributed by atoms with E-state index in [1.165, 1.54) is 67.2 Å². The van der Waals surface area contributed by atoms with Crippen molar-refractivity contribution in [1.82, 2.24) is 9.13 Å². The van der Waals surface area contributed by atoms with Crippen LogP contribution >= 0.6 is 15.8 Å². The minimum Gasteiger partial charge on any atom is -0.366 e. The van der Waals surface area contributed by atoms with Crippen molar-refractivity contribution in [2.75, 3.05) is 5.90 Å². The summed E-state index contributed by atoms with van der Waals surface area (Å²) in [5.74, 6) is 6.24. The van der Waals surface area contributed by atoms with Crippen LogP contribution in [0.5, 0.6) is 0 Å². The first-order valence-corrected chi connectivity index (χ1v) is 26.9. The molecule has 1 atom stereocenters. The van der Waals surface area contributed by atoms with E-state index in [9.17, 15) is 0 Å². The molecule has 6 heteroatoms. The van der Waals surface area contributed by atoms with E-state index >= 15 is 0 Å². The third kappa shape index (κ3) is 11.4. The van der Waals surface area contributed by atoms with Gasteiger partial charge in [0.1, 0.15) is 31.8 Å². The smallest absolute Gasteiger partial charge is 0.366 e. The summed E-state index contributed by atoms with van der Waals surface area (Å²) in [5, 5.41) is 11.0. The fourth-order valence-electron chi connectivity index (χ4n) is 9.48. The molecule has 350 valence electrons. The molecular weight excluding hydrogens is 1260 g/mol. The molecule has 2 nitrogen and oxygen atoms in total. The number of rotatable bonds is 8. The van der Waals surface area contributed by atoms with Crippen molar-refractivity contribution >= 4 is 75.4 Å². The quantitative estimate of drug-likeness (QED) is 0.0621. The predicted molar refractivity (Wildman–Crippen MR) is 300 cm³/mol. The monoisotopic (exact) mass is 1310 g/mol. The van der Waals surface area contributed by atoms with Gasteiger partial charge in [-0.3, -0.25) is 11.8 Å². The van der Waals surface area contributed by atoms with Crippen LogP contribution in [0.25, 0.3) is 55.0 Å². The Morgan fingerprint density at radius 2 is 0.746 bits per heavy atom. The van der Waals surface area contributed by atoms with Crippen LogP contribution in [0.4, 0.5) is 0 Å². The van der Waals surface area contributed by atoms with Crippen LogP contribution in [0.2, 0.25) is 0 Å². The summed E-state index contributed by atoms with van der Waals surface area (Å²) in [6.07, 6.45) is 24.4. The Balaban J connectivity index is 0.000000142. The number of allylic oxidation sites excluding steroid dienone is 4. The van der Waals surface area contributed by atoms with Crippen molar-refractivity contribution in [2.45, 2.75) is 12.8 Å². The van der Waals surface area contributed by atoms with Gasteiger partial charge >= 0.3 is 44.8 Å². The Labute approximate surface area is 451 Å². The molecule has 9 aromatic carbocycles.